The molecule has 0 radical (unpaired) electrons. The predicted molar refractivity (Wildman–Crippen MR) is 115 cm³/mol. The molecule has 0 fully saturated rings. The molecule has 5 nitrogen and oxygen atoms in total. The highest BCUT2D eigenvalue weighted by atomic mass is 35.5. The van der Waals surface area contributed by atoms with Gasteiger partial charge in [0, 0.05) is 17.6 Å². The Balaban J connectivity index is 1.67. The molecule has 2 N–H and O–H groups in total. The Morgan fingerprint density at radius 2 is 1.83 bits per heavy atom. The molecule has 4 aromatic rings. The Kier molecular flexibility index (Phi) is 5.19. The summed E-state index contributed by atoms with van der Waals surface area (Å²) in [5.74, 6) is 1.59. The van der Waals surface area contributed by atoms with Gasteiger partial charge in [-0.2, -0.15) is 0 Å². The van der Waals surface area contributed by atoms with E-state index in [1.54, 1.807) is 42.6 Å². The Morgan fingerprint density at radius 1 is 1.00 bits per heavy atom. The highest BCUT2D eigenvalue weighted by Crippen LogP contribution is 2.38. The van der Waals surface area contributed by atoms with Gasteiger partial charge in [-0.05, 0) is 35.9 Å². The summed E-state index contributed by atoms with van der Waals surface area (Å²) in [5, 5.41) is 1.12. The molecule has 3 aromatic carbocycles. The molecule has 0 aliphatic carbocycles. The molecular weight excluding hydrogens is 386 g/mol. The minimum atomic E-state index is 0.370. The average molecular weight is 402 g/mol. The fraction of sp³-hybridized carbons (Fsp3) is 0.0435. The molecule has 1 aromatic heterocycles. The fourth-order valence-electron chi connectivity index (χ4n) is 2.86. The summed E-state index contributed by atoms with van der Waals surface area (Å²) in [7, 11) is 0. The molecule has 1 heterocycles. The molecule has 0 atom stereocenters. The number of hydrogen-bond acceptors (Lipinski definition) is 4. The standard InChI is InChI=1S/C23H16ClN3O2/c1-26-21-12-17-20(13-23(21)28-14-15-5-3-2-4-6-15)27-10-9-22(17)29-16-7-8-19(25)18(24)11-16/h2-13H,14,25H2. The van der Waals surface area contributed by atoms with Crippen molar-refractivity contribution in [2.45, 2.75) is 6.61 Å². The summed E-state index contributed by atoms with van der Waals surface area (Å²) < 4.78 is 11.9. The van der Waals surface area contributed by atoms with E-state index in [4.69, 9.17) is 33.4 Å². The van der Waals surface area contributed by atoms with Crippen LogP contribution in [-0.2, 0) is 6.61 Å². The Morgan fingerprint density at radius 3 is 2.59 bits per heavy atom. The third-order valence-electron chi connectivity index (χ3n) is 4.34. The van der Waals surface area contributed by atoms with Crippen LogP contribution in [0.3, 0.4) is 0 Å². The van der Waals surface area contributed by atoms with Crippen molar-refractivity contribution in [3.8, 4) is 17.2 Å². The summed E-state index contributed by atoms with van der Waals surface area (Å²) in [6.45, 7) is 7.91. The SMILES string of the molecule is [C-]#[N+]c1cc2c(Oc3ccc(N)c(Cl)c3)ccnc2cc1OCc1ccccc1. The van der Waals surface area contributed by atoms with Crippen molar-refractivity contribution in [2.75, 3.05) is 5.73 Å². The van der Waals surface area contributed by atoms with Crippen molar-refractivity contribution in [1.29, 1.82) is 0 Å². The van der Waals surface area contributed by atoms with Gasteiger partial charge < -0.3 is 15.2 Å². The number of benzene rings is 3. The smallest absolute Gasteiger partial charge is 0.229 e. The minimum absolute atomic E-state index is 0.370. The lowest BCUT2D eigenvalue weighted by Gasteiger charge is -2.13. The number of halogens is 1. The first-order valence-corrected chi connectivity index (χ1v) is 9.21. The summed E-state index contributed by atoms with van der Waals surface area (Å²) in [4.78, 5) is 8.01. The second kappa shape index (κ2) is 8.09. The maximum absolute atomic E-state index is 7.54. The third-order valence-corrected chi connectivity index (χ3v) is 4.67. The van der Waals surface area contributed by atoms with Crippen LogP contribution in [0.2, 0.25) is 5.02 Å². The van der Waals surface area contributed by atoms with Gasteiger partial charge in [0.1, 0.15) is 23.9 Å². The molecule has 0 spiro atoms. The van der Waals surface area contributed by atoms with E-state index in [-0.39, 0.29) is 0 Å². The van der Waals surface area contributed by atoms with E-state index in [9.17, 15) is 0 Å². The number of nitrogens with two attached hydrogens (primary N) is 1. The van der Waals surface area contributed by atoms with E-state index >= 15 is 0 Å². The summed E-state index contributed by atoms with van der Waals surface area (Å²) >= 11 is 6.08. The largest absolute Gasteiger partial charge is 0.500 e. The zero-order valence-electron chi connectivity index (χ0n) is 15.3. The molecule has 142 valence electrons. The first-order chi connectivity index (χ1) is 14.1. The molecule has 0 aliphatic heterocycles. The van der Waals surface area contributed by atoms with Gasteiger partial charge >= 0.3 is 0 Å². The summed E-state index contributed by atoms with van der Waals surface area (Å²) in [6, 6.07) is 20.1. The molecule has 0 amide bonds. The lowest BCUT2D eigenvalue weighted by Crippen LogP contribution is -1.96. The highest BCUT2D eigenvalue weighted by molar-refractivity contribution is 6.33. The van der Waals surface area contributed by atoms with Crippen molar-refractivity contribution >= 4 is 33.9 Å². The molecule has 4 rings (SSSR count). The van der Waals surface area contributed by atoms with Crippen LogP contribution in [0.4, 0.5) is 11.4 Å². The molecular formula is C23H16ClN3O2. The van der Waals surface area contributed by atoms with Crippen LogP contribution >= 0.6 is 11.6 Å². The molecule has 0 unspecified atom stereocenters. The van der Waals surface area contributed by atoms with Crippen LogP contribution in [-0.4, -0.2) is 4.98 Å². The second-order valence-electron chi connectivity index (χ2n) is 6.32. The Labute approximate surface area is 173 Å². The maximum Gasteiger partial charge on any atom is 0.229 e. The van der Waals surface area contributed by atoms with E-state index in [1.165, 1.54) is 0 Å². The maximum atomic E-state index is 7.54. The van der Waals surface area contributed by atoms with E-state index in [2.05, 4.69) is 9.83 Å². The number of fused-ring (bicyclic) bond motifs is 1. The summed E-state index contributed by atoms with van der Waals surface area (Å²) in [6.07, 6.45) is 1.65. The van der Waals surface area contributed by atoms with Crippen molar-refractivity contribution < 1.29 is 9.47 Å². The molecule has 0 bridgehead atoms. The van der Waals surface area contributed by atoms with Crippen molar-refractivity contribution in [1.82, 2.24) is 4.98 Å². The number of nitrogen functional groups attached to an aromatic ring is 1. The zero-order chi connectivity index (χ0) is 20.2. The van der Waals surface area contributed by atoms with Gasteiger partial charge in [-0.25, -0.2) is 4.85 Å². The van der Waals surface area contributed by atoms with Crippen LogP contribution in [0.15, 0.2) is 72.9 Å². The van der Waals surface area contributed by atoms with Gasteiger partial charge in [0.2, 0.25) is 5.69 Å². The molecule has 29 heavy (non-hydrogen) atoms. The zero-order valence-corrected chi connectivity index (χ0v) is 16.1. The van der Waals surface area contributed by atoms with E-state index in [1.807, 2.05) is 30.3 Å². The number of anilines is 1. The van der Waals surface area contributed by atoms with Crippen molar-refractivity contribution in [3.63, 3.8) is 0 Å². The van der Waals surface area contributed by atoms with Crippen LogP contribution in [0.5, 0.6) is 17.2 Å². The van der Waals surface area contributed by atoms with Crippen LogP contribution in [0, 0.1) is 6.57 Å². The molecule has 0 saturated carbocycles. The number of rotatable bonds is 5. The van der Waals surface area contributed by atoms with Crippen molar-refractivity contribution in [3.05, 3.63) is 94.9 Å². The molecule has 0 saturated heterocycles. The van der Waals surface area contributed by atoms with Gasteiger partial charge in [0.15, 0.2) is 0 Å². The van der Waals surface area contributed by atoms with Crippen LogP contribution < -0.4 is 15.2 Å². The highest BCUT2D eigenvalue weighted by Gasteiger charge is 2.12. The van der Waals surface area contributed by atoms with E-state index in [0.717, 1.165) is 5.56 Å². The average Bonchev–Trinajstić information content (AvgIpc) is 2.75. The number of aromatic nitrogens is 1. The van der Waals surface area contributed by atoms with Crippen LogP contribution in [0.1, 0.15) is 5.56 Å². The van der Waals surface area contributed by atoms with E-state index < -0.39 is 0 Å². The van der Waals surface area contributed by atoms with Gasteiger partial charge in [-0.15, -0.1) is 0 Å². The number of ether oxygens (including phenoxy) is 2. The molecule has 6 heteroatoms. The predicted octanol–water partition coefficient (Wildman–Crippen LogP) is 6.39. The number of pyridine rings is 1. The number of hydrogen-bond donors (Lipinski definition) is 1. The number of nitrogens with zero attached hydrogens (tertiary/aromatic N) is 2. The first kappa shape index (κ1) is 18.6. The first-order valence-electron chi connectivity index (χ1n) is 8.84. The lowest BCUT2D eigenvalue weighted by molar-refractivity contribution is 0.308. The van der Waals surface area contributed by atoms with Gasteiger partial charge in [0.05, 0.1) is 22.8 Å². The lowest BCUT2D eigenvalue weighted by atomic mass is 10.1. The minimum Gasteiger partial charge on any atom is -0.500 e. The van der Waals surface area contributed by atoms with Crippen molar-refractivity contribution in [2.24, 2.45) is 0 Å². The monoisotopic (exact) mass is 401 g/mol. The fourth-order valence-corrected chi connectivity index (χ4v) is 3.03. The Bertz CT molecular complexity index is 1220. The van der Waals surface area contributed by atoms with Gasteiger partial charge in [-0.3, -0.25) is 4.98 Å². The van der Waals surface area contributed by atoms with Crippen LogP contribution in [0.25, 0.3) is 15.7 Å². The normalized spacial score (nSPS) is 10.5. The van der Waals surface area contributed by atoms with Gasteiger partial charge in [0.25, 0.3) is 0 Å². The third kappa shape index (κ3) is 4.08. The second-order valence-corrected chi connectivity index (χ2v) is 6.72. The van der Waals surface area contributed by atoms with Gasteiger partial charge in [-0.1, -0.05) is 41.9 Å². The molecule has 0 aliphatic rings. The van der Waals surface area contributed by atoms with E-state index in [0.29, 0.717) is 51.2 Å². The topological polar surface area (TPSA) is 61.7 Å². The Hall–Kier alpha value is -3.75. The summed E-state index contributed by atoms with van der Waals surface area (Å²) in [5.41, 5.74) is 8.31. The quantitative estimate of drug-likeness (QED) is 0.311.